The van der Waals surface area contributed by atoms with Crippen molar-refractivity contribution in [1.82, 2.24) is 24.5 Å². The molecule has 0 unspecified atom stereocenters. The van der Waals surface area contributed by atoms with E-state index in [2.05, 4.69) is 20.8 Å². The van der Waals surface area contributed by atoms with E-state index in [0.717, 1.165) is 5.69 Å². The van der Waals surface area contributed by atoms with Gasteiger partial charge in [0.1, 0.15) is 17.0 Å². The predicted octanol–water partition coefficient (Wildman–Crippen LogP) is 0.944. The van der Waals surface area contributed by atoms with E-state index >= 15 is 0 Å². The third kappa shape index (κ3) is 4.40. The molecule has 0 radical (unpaired) electrons. The summed E-state index contributed by atoms with van der Waals surface area (Å²) in [5.74, 6) is -0.273. The van der Waals surface area contributed by atoms with Gasteiger partial charge in [0.2, 0.25) is 10.0 Å². The van der Waals surface area contributed by atoms with Crippen LogP contribution in [0.4, 0.5) is 5.69 Å². The predicted molar refractivity (Wildman–Crippen MR) is 110 cm³/mol. The van der Waals surface area contributed by atoms with Crippen LogP contribution in [-0.4, -0.2) is 72.3 Å². The van der Waals surface area contributed by atoms with Gasteiger partial charge in [-0.1, -0.05) is 0 Å². The third-order valence-corrected chi connectivity index (χ3v) is 6.67. The molecule has 2 aromatic carbocycles. The molecule has 11 nitrogen and oxygen atoms in total. The monoisotopic (exact) mass is 444 g/mol. The van der Waals surface area contributed by atoms with Gasteiger partial charge in [0.05, 0.1) is 26.0 Å². The molecule has 4 rings (SSSR count). The van der Waals surface area contributed by atoms with Gasteiger partial charge in [-0.15, -0.1) is 5.10 Å². The molecule has 0 spiro atoms. The van der Waals surface area contributed by atoms with Gasteiger partial charge in [0, 0.05) is 24.3 Å². The lowest BCUT2D eigenvalue weighted by atomic mass is 10.2. The molecule has 1 amide bonds. The van der Waals surface area contributed by atoms with E-state index in [1.165, 1.54) is 40.6 Å². The fourth-order valence-electron chi connectivity index (χ4n) is 3.13. The maximum Gasteiger partial charge on any atom is 0.255 e. The van der Waals surface area contributed by atoms with Crippen LogP contribution in [-0.2, 0) is 14.8 Å². The maximum absolute atomic E-state index is 13.1. The van der Waals surface area contributed by atoms with Crippen LogP contribution in [0.5, 0.6) is 5.75 Å². The highest BCUT2D eigenvalue weighted by Gasteiger charge is 2.30. The van der Waals surface area contributed by atoms with Gasteiger partial charge in [-0.3, -0.25) is 4.79 Å². The van der Waals surface area contributed by atoms with E-state index in [0.29, 0.717) is 18.9 Å². The molecule has 1 N–H and O–H groups in total. The zero-order valence-corrected chi connectivity index (χ0v) is 17.4. The number of carbonyl (C=O) groups is 1. The molecular weight excluding hydrogens is 424 g/mol. The van der Waals surface area contributed by atoms with Crippen molar-refractivity contribution in [3.05, 3.63) is 54.4 Å². The Morgan fingerprint density at radius 1 is 1.13 bits per heavy atom. The first kappa shape index (κ1) is 20.9. The average molecular weight is 444 g/mol. The number of amides is 1. The highest BCUT2D eigenvalue weighted by Crippen LogP contribution is 2.29. The Bertz CT molecular complexity index is 1160. The van der Waals surface area contributed by atoms with Crippen molar-refractivity contribution in [2.24, 2.45) is 0 Å². The van der Waals surface area contributed by atoms with Gasteiger partial charge in [-0.05, 0) is 52.9 Å². The molecule has 0 aliphatic carbocycles. The summed E-state index contributed by atoms with van der Waals surface area (Å²) >= 11 is 0. The number of tetrazole rings is 1. The fourth-order valence-corrected chi connectivity index (χ4v) is 4.72. The largest absolute Gasteiger partial charge is 0.495 e. The van der Waals surface area contributed by atoms with Crippen molar-refractivity contribution < 1.29 is 22.7 Å². The zero-order chi connectivity index (χ0) is 21.8. The molecule has 1 aliphatic heterocycles. The summed E-state index contributed by atoms with van der Waals surface area (Å²) in [7, 11) is -2.45. The minimum Gasteiger partial charge on any atom is -0.495 e. The number of benzene rings is 2. The van der Waals surface area contributed by atoms with Crippen molar-refractivity contribution in [3.8, 4) is 11.4 Å². The fraction of sp³-hybridized carbons (Fsp3) is 0.263. The van der Waals surface area contributed by atoms with Crippen molar-refractivity contribution in [2.75, 3.05) is 38.7 Å². The number of nitrogens with zero attached hydrogens (tertiary/aromatic N) is 5. The minimum atomic E-state index is -3.84. The van der Waals surface area contributed by atoms with Crippen molar-refractivity contribution >= 4 is 21.6 Å². The van der Waals surface area contributed by atoms with Gasteiger partial charge in [-0.25, -0.2) is 13.1 Å². The Labute approximate surface area is 178 Å². The first-order valence-electron chi connectivity index (χ1n) is 9.40. The molecule has 2 heterocycles. The molecule has 0 atom stereocenters. The molecule has 1 aliphatic rings. The smallest absolute Gasteiger partial charge is 0.255 e. The highest BCUT2D eigenvalue weighted by molar-refractivity contribution is 7.89. The summed E-state index contributed by atoms with van der Waals surface area (Å²) in [5.41, 5.74) is 1.46. The number of hydrogen-bond donors (Lipinski definition) is 1. The number of nitrogens with one attached hydrogen (secondary N) is 1. The summed E-state index contributed by atoms with van der Waals surface area (Å²) in [6.07, 6.45) is 1.46. The molecule has 12 heteroatoms. The molecule has 162 valence electrons. The van der Waals surface area contributed by atoms with Crippen LogP contribution in [0.2, 0.25) is 0 Å². The van der Waals surface area contributed by atoms with Gasteiger partial charge in [0.25, 0.3) is 5.91 Å². The number of sulfonamides is 1. The summed E-state index contributed by atoms with van der Waals surface area (Å²) in [6, 6.07) is 11.2. The molecule has 1 saturated heterocycles. The molecule has 1 aromatic heterocycles. The number of rotatable bonds is 6. The lowest BCUT2D eigenvalue weighted by Crippen LogP contribution is -2.40. The molecule has 31 heavy (non-hydrogen) atoms. The second-order valence-corrected chi connectivity index (χ2v) is 8.54. The van der Waals surface area contributed by atoms with Crippen LogP contribution in [0.1, 0.15) is 10.4 Å². The molecule has 0 bridgehead atoms. The molecule has 0 saturated carbocycles. The first-order chi connectivity index (χ1) is 15.0. The first-order valence-corrected chi connectivity index (χ1v) is 10.8. The van der Waals surface area contributed by atoms with Crippen LogP contribution in [0.3, 0.4) is 0 Å². The summed E-state index contributed by atoms with van der Waals surface area (Å²) in [5, 5.41) is 13.7. The van der Waals surface area contributed by atoms with Crippen LogP contribution in [0, 0.1) is 0 Å². The number of anilines is 1. The Kier molecular flexibility index (Phi) is 5.93. The zero-order valence-electron chi connectivity index (χ0n) is 16.6. The lowest BCUT2D eigenvalue weighted by molar-refractivity contribution is 0.0729. The van der Waals surface area contributed by atoms with Crippen LogP contribution in [0.25, 0.3) is 5.69 Å². The second kappa shape index (κ2) is 8.79. The van der Waals surface area contributed by atoms with E-state index < -0.39 is 15.9 Å². The summed E-state index contributed by atoms with van der Waals surface area (Å²) < 4.78 is 39.5. The van der Waals surface area contributed by atoms with Crippen LogP contribution >= 0.6 is 0 Å². The summed E-state index contributed by atoms with van der Waals surface area (Å²) in [4.78, 5) is 12.7. The molecule has 1 fully saturated rings. The Morgan fingerprint density at radius 2 is 1.87 bits per heavy atom. The maximum atomic E-state index is 13.1. The second-order valence-electron chi connectivity index (χ2n) is 6.64. The average Bonchev–Trinajstić information content (AvgIpc) is 3.34. The SMILES string of the molecule is COc1ccc(C(=O)Nc2ccc(-n3cnnn3)cc2)cc1S(=O)(=O)N1CCOCC1. The van der Waals surface area contributed by atoms with E-state index in [4.69, 9.17) is 9.47 Å². The van der Waals surface area contributed by atoms with E-state index in [-0.39, 0.29) is 29.3 Å². The van der Waals surface area contributed by atoms with E-state index in [1.54, 1.807) is 24.3 Å². The van der Waals surface area contributed by atoms with Crippen LogP contribution in [0.15, 0.2) is 53.7 Å². The minimum absolute atomic E-state index is 0.0569. The number of methoxy groups -OCH3 is 1. The van der Waals surface area contributed by atoms with Crippen LogP contribution < -0.4 is 10.1 Å². The topological polar surface area (TPSA) is 129 Å². The Hall–Kier alpha value is -3.35. The third-order valence-electron chi connectivity index (χ3n) is 4.75. The Balaban J connectivity index is 1.56. The van der Waals surface area contributed by atoms with Crippen molar-refractivity contribution in [1.29, 1.82) is 0 Å². The van der Waals surface area contributed by atoms with E-state index in [9.17, 15) is 13.2 Å². The van der Waals surface area contributed by atoms with Gasteiger partial charge in [-0.2, -0.15) is 4.31 Å². The van der Waals surface area contributed by atoms with Gasteiger partial charge in [0.15, 0.2) is 0 Å². The lowest BCUT2D eigenvalue weighted by Gasteiger charge is -2.26. The van der Waals surface area contributed by atoms with Gasteiger partial charge < -0.3 is 14.8 Å². The Morgan fingerprint density at radius 3 is 2.52 bits per heavy atom. The number of carbonyl (C=O) groups excluding carboxylic acids is 1. The van der Waals surface area contributed by atoms with Crippen molar-refractivity contribution in [2.45, 2.75) is 4.90 Å². The molecular formula is C19H20N6O5S. The standard InChI is InChI=1S/C19H20N6O5S/c1-29-17-7-2-14(12-18(17)31(27,28)24-8-10-30-11-9-24)19(26)21-15-3-5-16(6-4-15)25-13-20-22-23-25/h2-7,12-13H,8-11H2,1H3,(H,21,26). The quantitative estimate of drug-likeness (QED) is 0.595. The summed E-state index contributed by atoms with van der Waals surface area (Å²) in [6.45, 7) is 1.13. The normalized spacial score (nSPS) is 14.9. The van der Waals surface area contributed by atoms with Gasteiger partial charge >= 0.3 is 0 Å². The van der Waals surface area contributed by atoms with E-state index in [1.807, 2.05) is 0 Å². The number of ether oxygens (including phenoxy) is 2. The number of aromatic nitrogens is 4. The highest BCUT2D eigenvalue weighted by atomic mass is 32.2. The number of hydrogen-bond acceptors (Lipinski definition) is 8. The van der Waals surface area contributed by atoms with Crippen molar-refractivity contribution in [3.63, 3.8) is 0 Å². The molecule has 3 aromatic rings. The number of morpholine rings is 1.